The Bertz CT molecular complexity index is 2950. The van der Waals surface area contributed by atoms with Crippen molar-refractivity contribution in [3.05, 3.63) is 0 Å². The van der Waals surface area contributed by atoms with Crippen molar-refractivity contribution >= 4 is 23.6 Å². The van der Waals surface area contributed by atoms with Crippen LogP contribution in [0.1, 0.15) is 34.6 Å². The number of ether oxygens (including phenoxy) is 17. The molecule has 45 atom stereocenters. The van der Waals surface area contributed by atoms with Crippen molar-refractivity contribution in [3.8, 4) is 0 Å². The zero-order valence-corrected chi connectivity index (χ0v) is 59.9. The number of hydrogen-bond acceptors (Lipinski definition) is 45. The van der Waals surface area contributed by atoms with Gasteiger partial charge in [-0.15, -0.1) is 0 Å². The molecule has 9 aliphatic rings. The maximum absolute atomic E-state index is 13.2. The van der Waals surface area contributed by atoms with Gasteiger partial charge in [-0.3, -0.25) is 19.2 Å². The van der Waals surface area contributed by atoms with Gasteiger partial charge in [-0.25, -0.2) is 0 Å². The van der Waals surface area contributed by atoms with Crippen molar-refractivity contribution in [2.75, 3.05) is 52.9 Å². The van der Waals surface area contributed by atoms with E-state index in [1.807, 2.05) is 0 Å². The molecule has 642 valence electrons. The molecule has 28 N–H and O–H groups in total. The zero-order valence-electron chi connectivity index (χ0n) is 59.9. The van der Waals surface area contributed by atoms with E-state index in [0.29, 0.717) is 0 Å². The number of aliphatic hydroxyl groups excluding tert-OH is 24. The Morgan fingerprint density at radius 1 is 0.252 bits per heavy atom. The molecule has 0 aromatic heterocycles. The molecule has 111 heavy (non-hydrogen) atoms. The van der Waals surface area contributed by atoms with Gasteiger partial charge in [0.05, 0.1) is 59.0 Å². The number of hydrogen-bond donors (Lipinski definition) is 28. The third-order valence-electron chi connectivity index (χ3n) is 20.3. The number of rotatable bonds is 28. The number of nitrogens with one attached hydrogen (secondary N) is 4. The standard InChI is InChI=1S/C62H104N4O45/c1-14-31(77)41(87)45(91)58(97-14)95-13-26-50(38(84)27(54(94)98-26)63-15(2)73)106-56-29(65-17(4)75)39(85)49(24(11-72)103-56)108-60-47(93)51(109-62-53(44(90)35(81)22(9-70)102-62)111-55-28(64-16(3)74)37(83)32(78)19(6-67)99-55)36(82)25(105-60)12-96-61-52(43(89)34(80)21(8-69)101-61)110-57-30(66-18(5)76)40(86)48(23(10-71)104-57)107-59-46(92)42(88)33(79)20(7-68)100-59/h14,19-62,67-72,77-94H,6-13H2,1-5H3,(H,63,73)(H,64,74)(H,65,75)(H,66,76)/t14-,19+,20+,21+,22+,23+,24+,25+,26+,27+,28+,29+,30+,31+,32+,33-,34+,35+,36+,37+,38+,39+,40+,41+,42-,43-,44-,45-,46+,47-,48+,49+,50+,51-,52-,53-,54?,55?,56?,57?,58?,59?,60?,61?,62?/m0/s1. The minimum Gasteiger partial charge on any atom is -0.394 e. The molecule has 0 aliphatic carbocycles. The van der Waals surface area contributed by atoms with Crippen LogP contribution in [0.4, 0.5) is 0 Å². The molecular formula is C62H104N4O45. The quantitative estimate of drug-likeness (QED) is 0.0346. The molecule has 9 saturated heterocycles. The van der Waals surface area contributed by atoms with E-state index in [-0.39, 0.29) is 0 Å². The van der Waals surface area contributed by atoms with Gasteiger partial charge in [-0.05, 0) is 6.92 Å². The molecule has 49 heteroatoms. The van der Waals surface area contributed by atoms with Crippen LogP contribution in [0.3, 0.4) is 0 Å². The average molecular weight is 1630 g/mol. The van der Waals surface area contributed by atoms with Crippen molar-refractivity contribution in [2.24, 2.45) is 0 Å². The van der Waals surface area contributed by atoms with Crippen LogP contribution in [-0.2, 0) is 99.7 Å². The Kier molecular flexibility index (Phi) is 32.6. The molecule has 49 nitrogen and oxygen atoms in total. The average Bonchev–Trinajstić information content (AvgIpc) is 0.766. The molecule has 4 amide bonds. The Morgan fingerprint density at radius 3 is 1.03 bits per heavy atom. The fourth-order valence-corrected chi connectivity index (χ4v) is 14.3. The van der Waals surface area contributed by atoms with Gasteiger partial charge in [0.2, 0.25) is 23.6 Å². The number of amides is 4. The van der Waals surface area contributed by atoms with Crippen LogP contribution in [0.2, 0.25) is 0 Å². The molecule has 9 rings (SSSR count). The summed E-state index contributed by atoms with van der Waals surface area (Å²) in [5.41, 5.74) is 0. The predicted molar refractivity (Wildman–Crippen MR) is 342 cm³/mol. The smallest absolute Gasteiger partial charge is 0.217 e. The summed E-state index contributed by atoms with van der Waals surface area (Å²) in [5.74, 6) is -3.59. The second-order valence-corrected chi connectivity index (χ2v) is 28.2. The molecule has 0 saturated carbocycles. The first-order chi connectivity index (χ1) is 52.4. The Balaban J connectivity index is 1.05. The first kappa shape index (κ1) is 91.1. The summed E-state index contributed by atoms with van der Waals surface area (Å²) in [5, 5.41) is 276. The molecule has 9 heterocycles. The lowest BCUT2D eigenvalue weighted by atomic mass is 9.93. The van der Waals surface area contributed by atoms with E-state index in [2.05, 4.69) is 21.3 Å². The molecule has 0 bridgehead atoms. The maximum Gasteiger partial charge on any atom is 0.217 e. The second kappa shape index (κ2) is 39.7. The van der Waals surface area contributed by atoms with Crippen LogP contribution >= 0.6 is 0 Å². The van der Waals surface area contributed by atoms with Gasteiger partial charge in [0.15, 0.2) is 56.6 Å². The SMILES string of the molecule is CC(=O)N[C@H]1C(O[C@@H]2C(O[C@H]3[C@H](O)[C@@H](COC4O[C@H](CO)[C@@H](O)[C@H](O)[C@@H]4OC4O[C@H](CO)[C@@H](OC5O[C@H](CO)[C@H](O)[C@H](O)[C@H]5O)[C@H](O)[C@H]4NC(C)=O)OC(O[C@H]4[C@H](O)[C@@H](NC(C)=O)C(O[C@H]5[C@H](O)[C@@H](NC(C)=O)C(O)O[C@@H]5COC5O[C@@H](C)[C@@H](O)[C@@H](O)[C@@H]5O)O[C@@H]4CO)[C@H]3O)O[C@H](CO)[C@@H](O)[C@@H]2O)O[C@H](CO)[C@@H](O)[C@@H]1O. The molecule has 0 aromatic rings. The normalized spacial score (nSPS) is 49.3. The Morgan fingerprint density at radius 2 is 0.559 bits per heavy atom. The zero-order chi connectivity index (χ0) is 81.8. The lowest BCUT2D eigenvalue weighted by Crippen LogP contribution is -2.71. The highest BCUT2D eigenvalue weighted by Crippen LogP contribution is 2.40. The highest BCUT2D eigenvalue weighted by atomic mass is 16.8. The third kappa shape index (κ3) is 20.3. The molecule has 0 radical (unpaired) electrons. The van der Waals surface area contributed by atoms with Crippen molar-refractivity contribution in [1.29, 1.82) is 0 Å². The van der Waals surface area contributed by atoms with Crippen LogP contribution in [0, 0.1) is 0 Å². The minimum atomic E-state index is -2.55. The summed E-state index contributed by atoms with van der Waals surface area (Å²) < 4.78 is 101. The topological polar surface area (TPSA) is 759 Å². The Hall–Kier alpha value is -3.76. The first-order valence-electron chi connectivity index (χ1n) is 35.5. The third-order valence-corrected chi connectivity index (χ3v) is 20.3. The second-order valence-electron chi connectivity index (χ2n) is 28.2. The first-order valence-corrected chi connectivity index (χ1v) is 35.5. The summed E-state index contributed by atoms with van der Waals surface area (Å²) in [7, 11) is 0. The Labute approximate surface area is 629 Å². The van der Waals surface area contributed by atoms with Crippen LogP contribution in [-0.4, -0.2) is 475 Å². The van der Waals surface area contributed by atoms with E-state index < -0.39 is 353 Å². The van der Waals surface area contributed by atoms with Crippen LogP contribution in [0.15, 0.2) is 0 Å². The minimum absolute atomic E-state index is 0.827. The summed E-state index contributed by atoms with van der Waals surface area (Å²) in [6.07, 6.45) is -83.2. The fourth-order valence-electron chi connectivity index (χ4n) is 14.3. The molecule has 9 fully saturated rings. The van der Waals surface area contributed by atoms with E-state index in [4.69, 9.17) is 80.5 Å². The van der Waals surface area contributed by atoms with Gasteiger partial charge in [-0.1, -0.05) is 0 Å². The molecule has 9 unspecified atom stereocenters. The summed E-state index contributed by atoms with van der Waals surface area (Å²) >= 11 is 0. The molecule has 0 aromatic carbocycles. The lowest BCUT2D eigenvalue weighted by molar-refractivity contribution is -0.396. The van der Waals surface area contributed by atoms with Crippen molar-refractivity contribution in [2.45, 2.75) is 311 Å². The monoisotopic (exact) mass is 1620 g/mol. The van der Waals surface area contributed by atoms with Gasteiger partial charge in [0.1, 0.15) is 213 Å². The van der Waals surface area contributed by atoms with Gasteiger partial charge in [-0.2, -0.15) is 0 Å². The van der Waals surface area contributed by atoms with E-state index in [1.54, 1.807) is 0 Å². The van der Waals surface area contributed by atoms with Crippen molar-refractivity contribution in [1.82, 2.24) is 21.3 Å². The van der Waals surface area contributed by atoms with Gasteiger partial charge >= 0.3 is 0 Å². The number of aliphatic hydroxyl groups is 24. The van der Waals surface area contributed by atoms with Gasteiger partial charge in [0.25, 0.3) is 0 Å². The van der Waals surface area contributed by atoms with Gasteiger partial charge < -0.3 is 224 Å². The highest BCUT2D eigenvalue weighted by Gasteiger charge is 2.61. The van der Waals surface area contributed by atoms with Crippen LogP contribution in [0.5, 0.6) is 0 Å². The summed E-state index contributed by atoms with van der Waals surface area (Å²) in [6.45, 7) is -3.36. The summed E-state index contributed by atoms with van der Waals surface area (Å²) in [6, 6.07) is -7.39. The van der Waals surface area contributed by atoms with E-state index >= 15 is 0 Å². The lowest BCUT2D eigenvalue weighted by Gasteiger charge is -2.51. The summed E-state index contributed by atoms with van der Waals surface area (Å²) in [4.78, 5) is 50.9. The number of carbonyl (C=O) groups excluding carboxylic acids is 4. The van der Waals surface area contributed by atoms with E-state index in [1.165, 1.54) is 6.92 Å². The van der Waals surface area contributed by atoms with E-state index in [9.17, 15) is 142 Å². The largest absolute Gasteiger partial charge is 0.394 e. The molecule has 0 spiro atoms. The predicted octanol–water partition coefficient (Wildman–Crippen LogP) is -19.0. The van der Waals surface area contributed by atoms with Gasteiger partial charge in [0, 0.05) is 27.7 Å². The van der Waals surface area contributed by atoms with Crippen LogP contribution in [0.25, 0.3) is 0 Å². The fraction of sp³-hybridized carbons (Fsp3) is 0.935. The highest BCUT2D eigenvalue weighted by molar-refractivity contribution is 5.74. The van der Waals surface area contributed by atoms with Crippen molar-refractivity contribution < 1.29 is 222 Å². The maximum atomic E-state index is 13.2. The van der Waals surface area contributed by atoms with Crippen molar-refractivity contribution in [3.63, 3.8) is 0 Å². The van der Waals surface area contributed by atoms with Crippen LogP contribution < -0.4 is 21.3 Å². The molecular weight excluding hydrogens is 1520 g/mol. The molecule has 9 aliphatic heterocycles. The number of carbonyl (C=O) groups is 4. The van der Waals surface area contributed by atoms with E-state index in [0.717, 1.165) is 27.7 Å².